The van der Waals surface area contributed by atoms with E-state index >= 15 is 0 Å². The number of nitriles is 1. The lowest BCUT2D eigenvalue weighted by Crippen LogP contribution is -2.74. The number of anilines is 2. The third-order valence-electron chi connectivity index (χ3n) is 13.2. The molecule has 5 amide bonds. The Labute approximate surface area is 337 Å². The normalized spacial score (nSPS) is 24.5. The minimum absolute atomic E-state index is 0.0864. The van der Waals surface area contributed by atoms with E-state index in [4.69, 9.17) is 16.3 Å². The average Bonchev–Trinajstić information content (AvgIpc) is 3.42. The second-order valence-corrected chi connectivity index (χ2v) is 18.1. The van der Waals surface area contributed by atoms with Crippen molar-refractivity contribution in [3.8, 4) is 11.8 Å². The number of amides is 5. The van der Waals surface area contributed by atoms with E-state index in [1.54, 1.807) is 36.4 Å². The van der Waals surface area contributed by atoms with Gasteiger partial charge in [0.05, 0.1) is 21.7 Å². The molecule has 12 nitrogen and oxygen atoms in total. The lowest BCUT2D eigenvalue weighted by atomic mass is 9.49. The highest BCUT2D eigenvalue weighted by Gasteiger charge is 2.64. The molecule has 2 aliphatic carbocycles. The molecule has 13 heteroatoms. The Morgan fingerprint density at radius 2 is 1.61 bits per heavy atom. The van der Waals surface area contributed by atoms with Crippen LogP contribution >= 0.6 is 11.6 Å². The van der Waals surface area contributed by atoms with E-state index in [1.807, 2.05) is 24.3 Å². The van der Waals surface area contributed by atoms with E-state index in [9.17, 15) is 29.2 Å². The number of nitrogens with zero attached hydrogens (tertiary/aromatic N) is 3. The Hall–Kier alpha value is -5.41. The summed E-state index contributed by atoms with van der Waals surface area (Å²) in [6, 6.07) is 19.1. The smallest absolute Gasteiger partial charge is 0.262 e. The van der Waals surface area contributed by atoms with Crippen LogP contribution in [-0.2, 0) is 9.59 Å². The second kappa shape index (κ2) is 14.2. The van der Waals surface area contributed by atoms with Crippen molar-refractivity contribution in [2.24, 2.45) is 22.2 Å². The van der Waals surface area contributed by atoms with Crippen molar-refractivity contribution in [2.45, 2.75) is 84.4 Å². The number of carbonyl (C=O) groups is 5. The van der Waals surface area contributed by atoms with Gasteiger partial charge in [0.2, 0.25) is 11.8 Å². The molecule has 1 spiro atoms. The first kappa shape index (κ1) is 38.5. The Morgan fingerprint density at radius 1 is 0.930 bits per heavy atom. The summed E-state index contributed by atoms with van der Waals surface area (Å²) in [6.45, 7) is 11.0. The van der Waals surface area contributed by atoms with E-state index in [2.05, 4.69) is 54.6 Å². The molecule has 3 aromatic rings. The van der Waals surface area contributed by atoms with Crippen LogP contribution in [0.1, 0.15) is 103 Å². The molecular weight excluding hydrogens is 744 g/mol. The first-order valence-electron chi connectivity index (χ1n) is 19.7. The predicted molar refractivity (Wildman–Crippen MR) is 214 cm³/mol. The van der Waals surface area contributed by atoms with Crippen LogP contribution in [0, 0.1) is 33.5 Å². The van der Waals surface area contributed by atoms with Crippen molar-refractivity contribution in [2.75, 3.05) is 29.9 Å². The van der Waals surface area contributed by atoms with Gasteiger partial charge in [-0.3, -0.25) is 34.2 Å². The topological polar surface area (TPSA) is 161 Å². The summed E-state index contributed by atoms with van der Waals surface area (Å²) in [5, 5.41) is 18.5. The number of hydrogen-bond acceptors (Lipinski definition) is 9. The van der Waals surface area contributed by atoms with Crippen LogP contribution in [-0.4, -0.2) is 72.3 Å². The van der Waals surface area contributed by atoms with E-state index in [0.717, 1.165) is 61.6 Å². The van der Waals surface area contributed by atoms with Gasteiger partial charge in [-0.1, -0.05) is 39.3 Å². The van der Waals surface area contributed by atoms with Crippen LogP contribution in [0.2, 0.25) is 5.02 Å². The van der Waals surface area contributed by atoms with Crippen molar-refractivity contribution >= 4 is 52.5 Å². The summed E-state index contributed by atoms with van der Waals surface area (Å²) < 4.78 is 6.38. The second-order valence-electron chi connectivity index (χ2n) is 17.7. The number of fused-ring (bicyclic) bond motifs is 1. The largest absolute Gasteiger partial charge is 0.489 e. The Bertz CT molecular complexity index is 2200. The number of halogens is 1. The summed E-state index contributed by atoms with van der Waals surface area (Å²) in [4.78, 5) is 67.1. The molecule has 296 valence electrons. The zero-order chi connectivity index (χ0) is 40.4. The fraction of sp³-hybridized carbons (Fsp3) is 0.455. The summed E-state index contributed by atoms with van der Waals surface area (Å²) in [5.41, 5.74) is 3.05. The van der Waals surface area contributed by atoms with E-state index in [1.165, 1.54) is 0 Å². The van der Waals surface area contributed by atoms with Gasteiger partial charge in [-0.25, -0.2) is 0 Å². The molecule has 3 heterocycles. The van der Waals surface area contributed by atoms with Crippen LogP contribution in [0.3, 0.4) is 0 Å². The highest BCUT2D eigenvalue weighted by Crippen LogP contribution is 2.56. The zero-order valence-electron chi connectivity index (χ0n) is 32.6. The molecule has 1 atom stereocenters. The van der Waals surface area contributed by atoms with Crippen molar-refractivity contribution in [3.63, 3.8) is 0 Å². The van der Waals surface area contributed by atoms with Crippen LogP contribution in [0.25, 0.3) is 0 Å². The fourth-order valence-corrected chi connectivity index (χ4v) is 10.6. The minimum Gasteiger partial charge on any atom is -0.489 e. The first-order valence-corrected chi connectivity index (χ1v) is 20.1. The van der Waals surface area contributed by atoms with Gasteiger partial charge in [0.15, 0.2) is 0 Å². The molecule has 3 aromatic carbocycles. The molecular formula is C44H47ClN6O6. The van der Waals surface area contributed by atoms with E-state index in [-0.39, 0.29) is 52.9 Å². The van der Waals surface area contributed by atoms with Gasteiger partial charge in [0, 0.05) is 65.9 Å². The summed E-state index contributed by atoms with van der Waals surface area (Å²) in [5.74, 6) is -1.04. The highest BCUT2D eigenvalue weighted by molar-refractivity contribution is 6.31. The third kappa shape index (κ3) is 6.79. The molecule has 57 heavy (non-hydrogen) atoms. The number of ether oxygens (including phenoxy) is 1. The number of rotatable bonds is 9. The molecule has 5 aliphatic rings. The molecule has 0 radical (unpaired) electrons. The number of carbonyl (C=O) groups excluding carboxylic acids is 5. The van der Waals surface area contributed by atoms with Crippen molar-refractivity contribution < 1.29 is 28.7 Å². The maximum absolute atomic E-state index is 13.5. The van der Waals surface area contributed by atoms with Gasteiger partial charge in [0.25, 0.3) is 17.7 Å². The number of nitrogens with one attached hydrogen (secondary N) is 3. The minimum atomic E-state index is -0.979. The van der Waals surface area contributed by atoms with Gasteiger partial charge in [-0.2, -0.15) is 5.26 Å². The Balaban J connectivity index is 0.797. The lowest BCUT2D eigenvalue weighted by Gasteiger charge is -2.63. The van der Waals surface area contributed by atoms with E-state index < -0.39 is 29.7 Å². The van der Waals surface area contributed by atoms with Crippen LogP contribution in [0.15, 0.2) is 60.7 Å². The third-order valence-corrected chi connectivity index (χ3v) is 13.5. The summed E-state index contributed by atoms with van der Waals surface area (Å²) in [7, 11) is 0. The quantitative estimate of drug-likeness (QED) is 0.210. The molecule has 8 rings (SSSR count). The number of imide groups is 2. The maximum atomic E-state index is 13.5. The molecule has 0 bridgehead atoms. The maximum Gasteiger partial charge on any atom is 0.262 e. The number of hydrogen-bond donors (Lipinski definition) is 3. The molecule has 4 fully saturated rings. The molecule has 3 aliphatic heterocycles. The predicted octanol–water partition coefficient (Wildman–Crippen LogP) is 6.33. The highest BCUT2D eigenvalue weighted by atomic mass is 35.5. The van der Waals surface area contributed by atoms with E-state index in [0.29, 0.717) is 33.2 Å². The fourth-order valence-electron chi connectivity index (χ4n) is 10.4. The Kier molecular flexibility index (Phi) is 9.58. The Morgan fingerprint density at radius 3 is 2.26 bits per heavy atom. The molecule has 3 N–H and O–H groups in total. The lowest BCUT2D eigenvalue weighted by molar-refractivity contribution is -0.164. The van der Waals surface area contributed by atoms with Crippen molar-refractivity contribution in [1.82, 2.24) is 15.5 Å². The first-order chi connectivity index (χ1) is 27.1. The number of benzene rings is 3. The molecule has 2 saturated heterocycles. The average molecular weight is 791 g/mol. The van der Waals surface area contributed by atoms with Crippen molar-refractivity contribution in [1.29, 1.82) is 5.26 Å². The summed E-state index contributed by atoms with van der Waals surface area (Å²) >= 11 is 6.25. The number of piperidine rings is 2. The molecule has 1 unspecified atom stereocenters. The van der Waals surface area contributed by atoms with Crippen molar-refractivity contribution in [3.05, 3.63) is 87.9 Å². The molecule has 0 aromatic heterocycles. The summed E-state index contributed by atoms with van der Waals surface area (Å²) in [6.07, 6.45) is 4.48. The van der Waals surface area contributed by atoms with Gasteiger partial charge < -0.3 is 20.3 Å². The molecule has 2 saturated carbocycles. The SMILES string of the molecule is CC1(C)C(NC(=O)c2ccc(N3CCC4(CC3)CC(CNc3ccc5c(c3)C(=O)N(C3CCC(=O)NC3=O)C5=O)C4)cc2)C(C)(C)C1Oc1ccc(C#N)c(Cl)c1. The van der Waals surface area contributed by atoms with Crippen LogP contribution < -0.4 is 25.6 Å². The van der Waals surface area contributed by atoms with Gasteiger partial charge in [0.1, 0.15) is 24.0 Å². The van der Waals surface area contributed by atoms with Crippen LogP contribution in [0.5, 0.6) is 5.75 Å². The standard InChI is InChI=1S/C44H47ClN6O6/c1-42(2)40(43(3,4)41(42)57-30-11-7-27(23-46)33(45)20-30)49-36(53)26-5-9-29(10-6-26)50-17-15-44(16-18-50)21-25(22-44)24-47-28-8-12-31-32(19-28)39(56)51(38(31)55)34-13-14-35(52)48-37(34)54/h5-12,19-20,25,34,40-41,47H,13-18,21-22,24H2,1-4H3,(H,49,53)(H,48,52,54). The van der Waals surface area contributed by atoms with Gasteiger partial charge in [-0.05, 0) is 98.0 Å². The zero-order valence-corrected chi connectivity index (χ0v) is 33.4. The monoisotopic (exact) mass is 790 g/mol. The van der Waals surface area contributed by atoms with Crippen LogP contribution in [0.4, 0.5) is 11.4 Å². The van der Waals surface area contributed by atoms with Gasteiger partial charge >= 0.3 is 0 Å². The van der Waals surface area contributed by atoms with Gasteiger partial charge in [-0.15, -0.1) is 0 Å².